The summed E-state index contributed by atoms with van der Waals surface area (Å²) in [6.45, 7) is 2.84. The summed E-state index contributed by atoms with van der Waals surface area (Å²) in [7, 11) is 0. The Morgan fingerprint density at radius 2 is 2.24 bits per heavy atom. The number of hydrogen-bond acceptors (Lipinski definition) is 5. The van der Waals surface area contributed by atoms with Gasteiger partial charge in [0, 0.05) is 18.4 Å². The Morgan fingerprint density at radius 1 is 1.43 bits per heavy atom. The average Bonchev–Trinajstić information content (AvgIpc) is 3.15. The summed E-state index contributed by atoms with van der Waals surface area (Å²) in [5, 5.41) is 0.944. The van der Waals surface area contributed by atoms with Gasteiger partial charge in [-0.2, -0.15) is 0 Å². The van der Waals surface area contributed by atoms with Crippen LogP contribution in [0.3, 0.4) is 0 Å². The predicted octanol–water partition coefficient (Wildman–Crippen LogP) is 3.28. The first kappa shape index (κ1) is 14.2. The minimum atomic E-state index is -0.172. The largest absolute Gasteiger partial charge is 0.460 e. The molecule has 110 valence electrons. The van der Waals surface area contributed by atoms with Gasteiger partial charge in [0.25, 0.3) is 0 Å². The zero-order chi connectivity index (χ0) is 14.7. The molecule has 4 nitrogen and oxygen atoms in total. The summed E-state index contributed by atoms with van der Waals surface area (Å²) >= 11 is 1.55. The molecule has 1 fully saturated rings. The van der Waals surface area contributed by atoms with Crippen LogP contribution in [0.2, 0.25) is 0 Å². The van der Waals surface area contributed by atoms with E-state index in [4.69, 9.17) is 9.47 Å². The van der Waals surface area contributed by atoms with Crippen LogP contribution in [0.15, 0.2) is 36.5 Å². The molecule has 0 spiro atoms. The first-order valence-corrected chi connectivity index (χ1v) is 7.84. The predicted molar refractivity (Wildman–Crippen MR) is 80.9 cm³/mol. The monoisotopic (exact) mass is 303 g/mol. The van der Waals surface area contributed by atoms with Gasteiger partial charge in [-0.05, 0) is 13.3 Å². The number of rotatable bonds is 4. The molecule has 2 heterocycles. The van der Waals surface area contributed by atoms with Gasteiger partial charge in [0.1, 0.15) is 11.6 Å². The van der Waals surface area contributed by atoms with Crippen molar-refractivity contribution >= 4 is 17.3 Å². The molecule has 0 bridgehead atoms. The molecule has 0 amide bonds. The Bertz CT molecular complexity index is 611. The fourth-order valence-corrected chi connectivity index (χ4v) is 3.21. The Hall–Kier alpha value is -1.72. The van der Waals surface area contributed by atoms with Gasteiger partial charge in [-0.25, -0.2) is 4.98 Å². The minimum absolute atomic E-state index is 0.0427. The summed E-state index contributed by atoms with van der Waals surface area (Å²) in [5.74, 6) is -0.304. The molecular formula is C16H17NO3S. The number of thiazole rings is 1. The van der Waals surface area contributed by atoms with Gasteiger partial charge in [-0.3, -0.25) is 4.79 Å². The summed E-state index contributed by atoms with van der Waals surface area (Å²) in [6, 6.07) is 9.98. The molecule has 21 heavy (non-hydrogen) atoms. The van der Waals surface area contributed by atoms with E-state index >= 15 is 0 Å². The normalized spacial score (nSPS) is 21.4. The van der Waals surface area contributed by atoms with Crippen molar-refractivity contribution in [3.8, 4) is 10.6 Å². The van der Waals surface area contributed by atoms with E-state index in [0.29, 0.717) is 6.61 Å². The molecule has 3 rings (SSSR count). The SMILES string of the molecule is C[C@@H]1OCC[C@H]1C(=O)OCc1cnc(-c2ccccc2)s1. The fourth-order valence-electron chi connectivity index (χ4n) is 2.38. The molecule has 1 aliphatic heterocycles. The second kappa shape index (κ2) is 6.37. The molecule has 0 aliphatic carbocycles. The number of nitrogens with zero attached hydrogens (tertiary/aromatic N) is 1. The van der Waals surface area contributed by atoms with Crippen molar-refractivity contribution < 1.29 is 14.3 Å². The number of carbonyl (C=O) groups excluding carboxylic acids is 1. The lowest BCUT2D eigenvalue weighted by atomic mass is 10.0. The van der Waals surface area contributed by atoms with Crippen LogP contribution in [0.25, 0.3) is 10.6 Å². The van der Waals surface area contributed by atoms with E-state index in [2.05, 4.69) is 4.98 Å². The van der Waals surface area contributed by atoms with Crippen LogP contribution in [0.5, 0.6) is 0 Å². The highest BCUT2D eigenvalue weighted by Crippen LogP contribution is 2.26. The lowest BCUT2D eigenvalue weighted by Crippen LogP contribution is -2.23. The Balaban J connectivity index is 1.59. The van der Waals surface area contributed by atoms with Crippen LogP contribution in [0, 0.1) is 5.92 Å². The maximum absolute atomic E-state index is 12.0. The van der Waals surface area contributed by atoms with Gasteiger partial charge in [-0.15, -0.1) is 11.3 Å². The van der Waals surface area contributed by atoms with Crippen molar-refractivity contribution in [3.63, 3.8) is 0 Å². The van der Waals surface area contributed by atoms with Gasteiger partial charge in [0.05, 0.1) is 16.9 Å². The number of carbonyl (C=O) groups is 1. The number of esters is 1. The van der Waals surface area contributed by atoms with Crippen LogP contribution >= 0.6 is 11.3 Å². The van der Waals surface area contributed by atoms with Crippen molar-refractivity contribution in [3.05, 3.63) is 41.4 Å². The van der Waals surface area contributed by atoms with E-state index in [1.807, 2.05) is 37.3 Å². The third-order valence-electron chi connectivity index (χ3n) is 3.61. The molecule has 1 aromatic heterocycles. The maximum atomic E-state index is 12.0. The third-order valence-corrected chi connectivity index (χ3v) is 4.63. The highest BCUT2D eigenvalue weighted by Gasteiger charge is 2.32. The quantitative estimate of drug-likeness (QED) is 0.813. The highest BCUT2D eigenvalue weighted by molar-refractivity contribution is 7.15. The second-order valence-electron chi connectivity index (χ2n) is 5.08. The van der Waals surface area contributed by atoms with E-state index in [1.165, 1.54) is 0 Å². The van der Waals surface area contributed by atoms with E-state index in [9.17, 15) is 4.79 Å². The number of aromatic nitrogens is 1. The third kappa shape index (κ3) is 3.31. The molecule has 0 radical (unpaired) electrons. The Morgan fingerprint density at radius 3 is 2.95 bits per heavy atom. The van der Waals surface area contributed by atoms with Crippen LogP contribution in [-0.2, 0) is 20.9 Å². The standard InChI is InChI=1S/C16H17NO3S/c1-11-14(7-8-19-11)16(18)20-10-13-9-17-15(21-13)12-5-3-2-4-6-12/h2-6,9,11,14H,7-8,10H2,1H3/t11-,14+/m0/s1. The molecular weight excluding hydrogens is 286 g/mol. The Kier molecular flexibility index (Phi) is 4.31. The lowest BCUT2D eigenvalue weighted by molar-refractivity contribution is -0.151. The minimum Gasteiger partial charge on any atom is -0.460 e. The van der Waals surface area contributed by atoms with Crippen LogP contribution in [-0.4, -0.2) is 23.7 Å². The fraction of sp³-hybridized carbons (Fsp3) is 0.375. The lowest BCUT2D eigenvalue weighted by Gasteiger charge is -2.12. The first-order chi connectivity index (χ1) is 10.2. The van der Waals surface area contributed by atoms with Crippen molar-refractivity contribution in [2.75, 3.05) is 6.61 Å². The summed E-state index contributed by atoms with van der Waals surface area (Å²) in [6.07, 6.45) is 2.48. The van der Waals surface area contributed by atoms with Gasteiger partial charge in [0.15, 0.2) is 0 Å². The van der Waals surface area contributed by atoms with Crippen molar-refractivity contribution in [1.82, 2.24) is 4.98 Å². The van der Waals surface area contributed by atoms with Gasteiger partial charge >= 0.3 is 5.97 Å². The number of hydrogen-bond donors (Lipinski definition) is 0. The molecule has 5 heteroatoms. The topological polar surface area (TPSA) is 48.4 Å². The van der Waals surface area contributed by atoms with Crippen LogP contribution < -0.4 is 0 Å². The summed E-state index contributed by atoms with van der Waals surface area (Å²) < 4.78 is 10.8. The molecule has 1 aliphatic rings. The zero-order valence-electron chi connectivity index (χ0n) is 11.8. The molecule has 0 saturated carbocycles. The van der Waals surface area contributed by atoms with E-state index < -0.39 is 0 Å². The second-order valence-corrected chi connectivity index (χ2v) is 6.19. The summed E-state index contributed by atoms with van der Waals surface area (Å²) in [4.78, 5) is 17.3. The van der Waals surface area contributed by atoms with Crippen molar-refractivity contribution in [2.24, 2.45) is 5.92 Å². The van der Waals surface area contributed by atoms with E-state index in [-0.39, 0.29) is 24.6 Å². The molecule has 2 atom stereocenters. The maximum Gasteiger partial charge on any atom is 0.312 e. The van der Waals surface area contributed by atoms with Crippen molar-refractivity contribution in [1.29, 1.82) is 0 Å². The van der Waals surface area contributed by atoms with Gasteiger partial charge in [-0.1, -0.05) is 30.3 Å². The molecule has 2 aromatic rings. The highest BCUT2D eigenvalue weighted by atomic mass is 32.1. The smallest absolute Gasteiger partial charge is 0.312 e. The van der Waals surface area contributed by atoms with E-state index in [0.717, 1.165) is 21.9 Å². The zero-order valence-corrected chi connectivity index (χ0v) is 12.6. The molecule has 0 N–H and O–H groups in total. The van der Waals surface area contributed by atoms with Gasteiger partial charge in [0.2, 0.25) is 0 Å². The van der Waals surface area contributed by atoms with Gasteiger partial charge < -0.3 is 9.47 Å². The summed E-state index contributed by atoms with van der Waals surface area (Å²) in [5.41, 5.74) is 1.08. The van der Waals surface area contributed by atoms with Crippen molar-refractivity contribution in [2.45, 2.75) is 26.1 Å². The van der Waals surface area contributed by atoms with Crippen LogP contribution in [0.1, 0.15) is 18.2 Å². The first-order valence-electron chi connectivity index (χ1n) is 7.02. The number of benzene rings is 1. The molecule has 0 unspecified atom stereocenters. The van der Waals surface area contributed by atoms with Crippen LogP contribution in [0.4, 0.5) is 0 Å². The molecule has 1 saturated heterocycles. The Labute approximate surface area is 127 Å². The average molecular weight is 303 g/mol. The van der Waals surface area contributed by atoms with E-state index in [1.54, 1.807) is 17.5 Å². The molecule has 1 aromatic carbocycles. The number of ether oxygens (including phenoxy) is 2.